The molecule has 0 spiro atoms. The van der Waals surface area contributed by atoms with Gasteiger partial charge in [-0.3, -0.25) is 0 Å². The number of ether oxygens (including phenoxy) is 4. The summed E-state index contributed by atoms with van der Waals surface area (Å²) in [6, 6.07) is 18.6. The van der Waals surface area contributed by atoms with Crippen molar-refractivity contribution in [2.45, 2.75) is 19.3 Å². The van der Waals surface area contributed by atoms with Crippen LogP contribution >= 0.6 is 0 Å². The van der Waals surface area contributed by atoms with Crippen LogP contribution in [0.2, 0.25) is 0 Å². The number of esters is 3. The van der Waals surface area contributed by atoms with Crippen LogP contribution in [-0.2, 0) is 30.3 Å². The van der Waals surface area contributed by atoms with E-state index in [2.05, 4.69) is 13.2 Å². The first-order chi connectivity index (χ1) is 20.9. The number of aliphatic hydroxyl groups is 1. The number of hydrogen-bond acceptors (Lipinski definition) is 8. The number of hydrogen-bond donors (Lipinski definition) is 1. The van der Waals surface area contributed by atoms with Gasteiger partial charge in [0.05, 0.1) is 19.8 Å². The van der Waals surface area contributed by atoms with Crippen molar-refractivity contribution in [1.82, 2.24) is 0 Å². The van der Waals surface area contributed by atoms with E-state index in [0.717, 1.165) is 24.8 Å². The molecule has 1 N–H and O–H groups in total. The van der Waals surface area contributed by atoms with Gasteiger partial charge >= 0.3 is 17.9 Å². The predicted molar refractivity (Wildman–Crippen MR) is 162 cm³/mol. The fourth-order valence-electron chi connectivity index (χ4n) is 3.59. The van der Waals surface area contributed by atoms with Crippen molar-refractivity contribution < 1.29 is 42.8 Å². The summed E-state index contributed by atoms with van der Waals surface area (Å²) in [5, 5.41) is 7.00. The second-order valence-electron chi connectivity index (χ2n) is 8.71. The van der Waals surface area contributed by atoms with Crippen molar-refractivity contribution in [3.63, 3.8) is 0 Å². The average Bonchev–Trinajstić information content (AvgIpc) is 3.03. The van der Waals surface area contributed by atoms with Crippen LogP contribution in [-0.4, -0.2) is 49.9 Å². The van der Waals surface area contributed by atoms with Crippen molar-refractivity contribution in [2.24, 2.45) is 0 Å². The van der Waals surface area contributed by atoms with Gasteiger partial charge in [0.2, 0.25) is 0 Å². The molecule has 0 aliphatic carbocycles. The standard InChI is InChI=1S/C33H31FO7.CH4O/c1-3-31(35)39-21-6-5-20-38-27-15-11-26(12-16-27)29-17-9-25(23-30(29)34)10-18-33(37)41-28-13-7-24(8-14-28)19-22-40-32(36)4-2;1-2/h3-4,7-18,23H,1-2,5-6,19-22H2;2H,1H3/b18-10+;. The minimum Gasteiger partial charge on any atom is -0.494 e. The Kier molecular flexibility index (Phi) is 15.2. The normalized spacial score (nSPS) is 10.2. The van der Waals surface area contributed by atoms with E-state index in [1.165, 1.54) is 18.2 Å². The molecule has 0 atom stereocenters. The van der Waals surface area contributed by atoms with Crippen LogP contribution in [0.5, 0.6) is 11.5 Å². The van der Waals surface area contributed by atoms with E-state index >= 15 is 0 Å². The van der Waals surface area contributed by atoms with Crippen LogP contribution < -0.4 is 9.47 Å². The Morgan fingerprint density at radius 2 is 1.37 bits per heavy atom. The molecule has 0 heterocycles. The minimum absolute atomic E-state index is 0.223. The highest BCUT2D eigenvalue weighted by Gasteiger charge is 2.07. The quantitative estimate of drug-likeness (QED) is 0.101. The van der Waals surface area contributed by atoms with E-state index in [-0.39, 0.29) is 6.61 Å². The topological polar surface area (TPSA) is 108 Å². The summed E-state index contributed by atoms with van der Waals surface area (Å²) in [6.45, 7) is 7.68. The fraction of sp³-hybridized carbons (Fsp3) is 0.206. The van der Waals surface area contributed by atoms with Crippen molar-refractivity contribution in [1.29, 1.82) is 0 Å². The van der Waals surface area contributed by atoms with Crippen molar-refractivity contribution in [3.8, 4) is 22.6 Å². The summed E-state index contributed by atoms with van der Waals surface area (Å²) in [7, 11) is 1.00. The summed E-state index contributed by atoms with van der Waals surface area (Å²) in [6.07, 6.45) is 6.85. The molecule has 0 aromatic heterocycles. The zero-order valence-corrected chi connectivity index (χ0v) is 24.0. The Balaban J connectivity index is 0.00000316. The molecule has 3 rings (SSSR count). The molecule has 0 unspecified atom stereocenters. The third kappa shape index (κ3) is 12.6. The third-order valence-corrected chi connectivity index (χ3v) is 5.73. The van der Waals surface area contributed by atoms with Gasteiger partial charge in [-0.05, 0) is 65.9 Å². The smallest absolute Gasteiger partial charge is 0.336 e. The van der Waals surface area contributed by atoms with Gasteiger partial charge in [-0.2, -0.15) is 0 Å². The minimum atomic E-state index is -0.601. The van der Waals surface area contributed by atoms with Crippen molar-refractivity contribution >= 4 is 24.0 Å². The number of halogens is 1. The predicted octanol–water partition coefficient (Wildman–Crippen LogP) is 5.88. The second kappa shape index (κ2) is 19.2. The molecule has 0 aliphatic heterocycles. The highest BCUT2D eigenvalue weighted by atomic mass is 19.1. The Morgan fingerprint density at radius 1 is 0.767 bits per heavy atom. The maximum Gasteiger partial charge on any atom is 0.336 e. The molecule has 9 heteroatoms. The van der Waals surface area contributed by atoms with Crippen LogP contribution in [0.3, 0.4) is 0 Å². The molecular weight excluding hydrogens is 555 g/mol. The molecule has 0 aliphatic rings. The zero-order chi connectivity index (χ0) is 31.5. The lowest BCUT2D eigenvalue weighted by Gasteiger charge is -2.09. The Morgan fingerprint density at radius 3 is 2.00 bits per heavy atom. The van der Waals surface area contributed by atoms with Gasteiger partial charge < -0.3 is 24.1 Å². The lowest BCUT2D eigenvalue weighted by Crippen LogP contribution is -2.05. The Hall–Kier alpha value is -5.02. The summed E-state index contributed by atoms with van der Waals surface area (Å²) < 4.78 is 35.7. The SMILES string of the molecule is C=CC(=O)OCCCCOc1ccc(-c2ccc(/C=C/C(=O)Oc3ccc(CCOC(=O)C=C)cc3)cc2F)cc1.CO. The molecule has 3 aromatic rings. The van der Waals surface area contributed by atoms with Crippen LogP contribution in [0.1, 0.15) is 24.0 Å². The van der Waals surface area contributed by atoms with Crippen LogP contribution in [0.4, 0.5) is 4.39 Å². The first-order valence-corrected chi connectivity index (χ1v) is 13.4. The first-order valence-electron chi connectivity index (χ1n) is 13.4. The molecule has 0 radical (unpaired) electrons. The summed E-state index contributed by atoms with van der Waals surface area (Å²) in [4.78, 5) is 34.3. The summed E-state index contributed by atoms with van der Waals surface area (Å²) in [5.74, 6) is -0.948. The van der Waals surface area contributed by atoms with E-state index in [0.29, 0.717) is 60.7 Å². The summed E-state index contributed by atoms with van der Waals surface area (Å²) in [5.41, 5.74) is 2.52. The number of unbranched alkanes of at least 4 members (excludes halogenated alkanes) is 1. The molecule has 226 valence electrons. The third-order valence-electron chi connectivity index (χ3n) is 5.73. The molecule has 0 saturated carbocycles. The Bertz CT molecular complexity index is 1380. The second-order valence-corrected chi connectivity index (χ2v) is 8.71. The van der Waals surface area contributed by atoms with Gasteiger partial charge in [-0.25, -0.2) is 18.8 Å². The fourth-order valence-corrected chi connectivity index (χ4v) is 3.59. The monoisotopic (exact) mass is 590 g/mol. The highest BCUT2D eigenvalue weighted by Crippen LogP contribution is 2.26. The van der Waals surface area contributed by atoms with Crippen LogP contribution in [0, 0.1) is 5.82 Å². The Labute approximate surface area is 250 Å². The van der Waals surface area contributed by atoms with Gasteiger partial charge in [-0.15, -0.1) is 0 Å². The summed E-state index contributed by atoms with van der Waals surface area (Å²) >= 11 is 0. The largest absolute Gasteiger partial charge is 0.494 e. The van der Waals surface area contributed by atoms with Crippen LogP contribution in [0.15, 0.2) is 98.1 Å². The number of aliphatic hydroxyl groups excluding tert-OH is 1. The lowest BCUT2D eigenvalue weighted by molar-refractivity contribution is -0.138. The molecule has 0 saturated heterocycles. The van der Waals surface area contributed by atoms with E-state index in [1.54, 1.807) is 60.7 Å². The van der Waals surface area contributed by atoms with Gasteiger partial charge in [0, 0.05) is 37.3 Å². The number of carbonyl (C=O) groups excluding carboxylic acids is 3. The van der Waals surface area contributed by atoms with Crippen molar-refractivity contribution in [3.05, 3.63) is 115 Å². The maximum atomic E-state index is 14.8. The van der Waals surface area contributed by atoms with E-state index in [9.17, 15) is 18.8 Å². The van der Waals surface area contributed by atoms with Gasteiger partial charge in [0.15, 0.2) is 0 Å². The maximum absolute atomic E-state index is 14.8. The van der Waals surface area contributed by atoms with E-state index < -0.39 is 23.7 Å². The molecule has 8 nitrogen and oxygen atoms in total. The van der Waals surface area contributed by atoms with E-state index in [1.807, 2.05) is 0 Å². The van der Waals surface area contributed by atoms with E-state index in [4.69, 9.17) is 24.1 Å². The molecule has 43 heavy (non-hydrogen) atoms. The highest BCUT2D eigenvalue weighted by molar-refractivity contribution is 5.88. The van der Waals surface area contributed by atoms with Gasteiger partial charge in [0.25, 0.3) is 0 Å². The van der Waals surface area contributed by atoms with Gasteiger partial charge in [-0.1, -0.05) is 49.6 Å². The molecule has 0 fully saturated rings. The first kappa shape index (κ1) is 34.2. The van der Waals surface area contributed by atoms with Crippen molar-refractivity contribution in [2.75, 3.05) is 26.9 Å². The number of benzene rings is 3. The molecular formula is C34H35FO8. The average molecular weight is 591 g/mol. The molecule has 0 amide bonds. The molecule has 3 aromatic carbocycles. The van der Waals surface area contributed by atoms with Gasteiger partial charge in [0.1, 0.15) is 17.3 Å². The number of rotatable bonds is 15. The van der Waals surface area contributed by atoms with Crippen LogP contribution in [0.25, 0.3) is 17.2 Å². The lowest BCUT2D eigenvalue weighted by atomic mass is 10.0. The zero-order valence-electron chi connectivity index (χ0n) is 24.0. The number of carbonyl (C=O) groups is 3. The molecule has 0 bridgehead atoms.